The third-order valence-corrected chi connectivity index (χ3v) is 7.90. The van der Waals surface area contributed by atoms with E-state index >= 15 is 0 Å². The second-order valence-corrected chi connectivity index (χ2v) is 11.8. The number of fused-ring (bicyclic) bond motifs is 1. The fourth-order valence-electron chi connectivity index (χ4n) is 3.94. The van der Waals surface area contributed by atoms with Crippen molar-refractivity contribution in [2.75, 3.05) is 13.7 Å². The molecule has 198 valence electrons. The number of nitrogens with zero attached hydrogens (tertiary/aromatic N) is 5. The molecule has 1 amide bonds. The number of hydrogen-bond donors (Lipinski definition) is 0. The van der Waals surface area contributed by atoms with Gasteiger partial charge in [-0.2, -0.15) is 4.80 Å². The van der Waals surface area contributed by atoms with E-state index in [1.165, 1.54) is 24.9 Å². The van der Waals surface area contributed by atoms with E-state index in [9.17, 15) is 22.8 Å². The molecular formula is C23H27N5O8S. The largest absolute Gasteiger partial charge is 0.464 e. The van der Waals surface area contributed by atoms with Crippen molar-refractivity contribution in [3.05, 3.63) is 47.3 Å². The van der Waals surface area contributed by atoms with Crippen LogP contribution in [0.1, 0.15) is 49.4 Å². The summed E-state index contributed by atoms with van der Waals surface area (Å²) >= 11 is 0. The van der Waals surface area contributed by atoms with Crippen LogP contribution in [0.25, 0.3) is 5.70 Å². The molecule has 0 aliphatic carbocycles. The van der Waals surface area contributed by atoms with Gasteiger partial charge in [0.1, 0.15) is 17.5 Å². The van der Waals surface area contributed by atoms with Gasteiger partial charge in [-0.05, 0) is 49.8 Å². The van der Waals surface area contributed by atoms with Gasteiger partial charge in [0.2, 0.25) is 5.82 Å². The van der Waals surface area contributed by atoms with Gasteiger partial charge in [0, 0.05) is 14.0 Å². The summed E-state index contributed by atoms with van der Waals surface area (Å²) in [6.45, 7) is 6.30. The Balaban J connectivity index is 1.56. The molecule has 0 spiro atoms. The maximum Gasteiger partial charge on any atom is 0.338 e. The van der Waals surface area contributed by atoms with Crippen molar-refractivity contribution in [2.45, 2.75) is 56.6 Å². The Morgan fingerprint density at radius 3 is 2.41 bits per heavy atom. The molecule has 2 aliphatic rings. The van der Waals surface area contributed by atoms with Gasteiger partial charge >= 0.3 is 11.9 Å². The fourth-order valence-corrected chi connectivity index (χ4v) is 5.96. The third kappa shape index (κ3) is 5.25. The highest BCUT2D eigenvalue weighted by atomic mass is 32.2. The van der Waals surface area contributed by atoms with E-state index in [0.29, 0.717) is 5.56 Å². The van der Waals surface area contributed by atoms with Crippen LogP contribution < -0.4 is 0 Å². The van der Waals surface area contributed by atoms with Crippen molar-refractivity contribution in [3.63, 3.8) is 0 Å². The number of methoxy groups -OCH3 is 1. The average Bonchev–Trinajstić information content (AvgIpc) is 3.26. The highest BCUT2D eigenvalue weighted by Crippen LogP contribution is 2.40. The van der Waals surface area contributed by atoms with Gasteiger partial charge in [-0.3, -0.25) is 14.5 Å². The number of carbonyl (C=O) groups is 3. The molecule has 0 N–H and O–H groups in total. The SMILES string of the molecule is CO[C@H]1C(=O)N2C(c3nnn(Cc4ccc(C(=O)OC(C)(C)C)cc4)n3)=CC(COC(C)=O)S(=O)(=O)[C@@H]12. The first-order chi connectivity index (χ1) is 17.3. The maximum absolute atomic E-state index is 13.1. The highest BCUT2D eigenvalue weighted by molar-refractivity contribution is 7.93. The molecule has 0 radical (unpaired) electrons. The second-order valence-electron chi connectivity index (χ2n) is 9.58. The number of aromatic nitrogens is 4. The summed E-state index contributed by atoms with van der Waals surface area (Å²) < 4.78 is 41.5. The zero-order valence-corrected chi connectivity index (χ0v) is 21.8. The molecule has 1 unspecified atom stereocenters. The third-order valence-electron chi connectivity index (χ3n) is 5.66. The molecule has 4 rings (SSSR count). The summed E-state index contributed by atoms with van der Waals surface area (Å²) in [6, 6.07) is 6.71. The van der Waals surface area contributed by atoms with Crippen LogP contribution in [0.3, 0.4) is 0 Å². The first kappa shape index (κ1) is 26.4. The van der Waals surface area contributed by atoms with Gasteiger partial charge in [-0.1, -0.05) is 12.1 Å². The van der Waals surface area contributed by atoms with E-state index in [2.05, 4.69) is 15.4 Å². The van der Waals surface area contributed by atoms with Crippen LogP contribution >= 0.6 is 0 Å². The van der Waals surface area contributed by atoms with E-state index in [0.717, 1.165) is 10.5 Å². The number of tetrazole rings is 1. The highest BCUT2D eigenvalue weighted by Gasteiger charge is 2.61. The number of benzene rings is 1. The Kier molecular flexibility index (Phi) is 6.90. The van der Waals surface area contributed by atoms with Gasteiger partial charge in [0.25, 0.3) is 5.91 Å². The van der Waals surface area contributed by atoms with Crippen molar-refractivity contribution < 1.29 is 37.0 Å². The zero-order chi connectivity index (χ0) is 27.1. The molecule has 37 heavy (non-hydrogen) atoms. The van der Waals surface area contributed by atoms with Crippen LogP contribution in [0, 0.1) is 0 Å². The second kappa shape index (κ2) is 9.67. The number of ether oxygens (including phenoxy) is 3. The Hall–Kier alpha value is -3.65. The summed E-state index contributed by atoms with van der Waals surface area (Å²) in [6.07, 6.45) is 0.0993. The summed E-state index contributed by atoms with van der Waals surface area (Å²) in [5, 5.41) is 9.82. The molecule has 1 aromatic heterocycles. The Labute approximate surface area is 213 Å². The predicted molar refractivity (Wildman–Crippen MR) is 127 cm³/mol. The Morgan fingerprint density at radius 2 is 1.81 bits per heavy atom. The van der Waals surface area contributed by atoms with E-state index in [4.69, 9.17) is 14.2 Å². The lowest BCUT2D eigenvalue weighted by molar-refractivity contribution is -0.156. The van der Waals surface area contributed by atoms with Gasteiger partial charge < -0.3 is 14.2 Å². The van der Waals surface area contributed by atoms with Crippen molar-refractivity contribution in [1.82, 2.24) is 25.1 Å². The summed E-state index contributed by atoms with van der Waals surface area (Å²) in [5.41, 5.74) is 0.693. The van der Waals surface area contributed by atoms with Crippen molar-refractivity contribution in [3.8, 4) is 0 Å². The van der Waals surface area contributed by atoms with Crippen LogP contribution in [0.2, 0.25) is 0 Å². The van der Waals surface area contributed by atoms with Gasteiger partial charge in [-0.15, -0.1) is 10.2 Å². The molecule has 3 atom stereocenters. The van der Waals surface area contributed by atoms with Crippen molar-refractivity contribution in [2.24, 2.45) is 0 Å². The number of sulfone groups is 1. The minimum Gasteiger partial charge on any atom is -0.464 e. The first-order valence-corrected chi connectivity index (χ1v) is 13.0. The van der Waals surface area contributed by atoms with Gasteiger partial charge in [0.15, 0.2) is 21.3 Å². The molecule has 2 aromatic rings. The lowest BCUT2D eigenvalue weighted by Crippen LogP contribution is -2.70. The number of amides is 1. The summed E-state index contributed by atoms with van der Waals surface area (Å²) in [4.78, 5) is 38.5. The van der Waals surface area contributed by atoms with Crippen LogP contribution in [0.5, 0.6) is 0 Å². The van der Waals surface area contributed by atoms with Crippen LogP contribution in [-0.2, 0) is 40.2 Å². The molecule has 13 nitrogen and oxygen atoms in total. The first-order valence-electron chi connectivity index (χ1n) is 11.4. The fraction of sp³-hybridized carbons (Fsp3) is 0.478. The smallest absolute Gasteiger partial charge is 0.338 e. The molecule has 1 saturated heterocycles. The maximum atomic E-state index is 13.1. The number of rotatable bonds is 7. The molecular weight excluding hydrogens is 506 g/mol. The van der Waals surface area contributed by atoms with Crippen LogP contribution in [0.4, 0.5) is 0 Å². The van der Waals surface area contributed by atoms with Gasteiger partial charge in [0.05, 0.1) is 17.8 Å². The number of β-lactam (4-membered cyclic amide) rings is 1. The topological polar surface area (TPSA) is 160 Å². The molecule has 14 heteroatoms. The average molecular weight is 534 g/mol. The van der Waals surface area contributed by atoms with Gasteiger partial charge in [-0.25, -0.2) is 13.2 Å². The molecule has 1 aromatic carbocycles. The minimum atomic E-state index is -3.95. The van der Waals surface area contributed by atoms with E-state index in [-0.39, 0.29) is 18.1 Å². The Bertz CT molecular complexity index is 1360. The summed E-state index contributed by atoms with van der Waals surface area (Å²) in [5.74, 6) is -1.60. The molecule has 0 bridgehead atoms. The molecule has 0 saturated carbocycles. The van der Waals surface area contributed by atoms with Crippen molar-refractivity contribution >= 4 is 33.4 Å². The standard InChI is InChI=1S/C23H27N5O8S/c1-13(29)35-12-16-10-17(28-20(30)18(34-5)21(28)37(16,32)33)19-24-26-27(25-19)11-14-6-8-15(9-7-14)22(31)36-23(2,3)4/h6-10,16,18,21H,11-12H2,1-5H3/t16?,18-,21-/m0/s1. The Morgan fingerprint density at radius 1 is 1.14 bits per heavy atom. The monoisotopic (exact) mass is 533 g/mol. The van der Waals surface area contributed by atoms with E-state index < -0.39 is 56.6 Å². The van der Waals surface area contributed by atoms with Crippen LogP contribution in [0.15, 0.2) is 30.3 Å². The predicted octanol–water partition coefficient (Wildman–Crippen LogP) is 0.561. The van der Waals surface area contributed by atoms with E-state index in [1.807, 2.05) is 0 Å². The molecule has 1 fully saturated rings. The quantitative estimate of drug-likeness (QED) is 0.361. The summed E-state index contributed by atoms with van der Waals surface area (Å²) in [7, 11) is -2.71. The lowest BCUT2D eigenvalue weighted by atomic mass is 10.1. The lowest BCUT2D eigenvalue weighted by Gasteiger charge is -2.48. The molecule has 3 heterocycles. The minimum absolute atomic E-state index is 0.0287. The van der Waals surface area contributed by atoms with Crippen molar-refractivity contribution in [1.29, 1.82) is 0 Å². The number of esters is 2. The zero-order valence-electron chi connectivity index (χ0n) is 20.9. The molecule has 2 aliphatic heterocycles. The number of hydrogen-bond acceptors (Lipinski definition) is 11. The van der Waals surface area contributed by atoms with E-state index in [1.54, 1.807) is 45.0 Å². The van der Waals surface area contributed by atoms with Crippen LogP contribution in [-0.4, -0.2) is 87.4 Å². The normalized spacial score (nSPS) is 22.5. The number of carbonyl (C=O) groups excluding carboxylic acids is 3.